The molecule has 0 radical (unpaired) electrons. The van der Waals surface area contributed by atoms with E-state index in [9.17, 15) is 22.8 Å². The van der Waals surface area contributed by atoms with Gasteiger partial charge in [0.1, 0.15) is 6.10 Å². The van der Waals surface area contributed by atoms with E-state index in [2.05, 4.69) is 10.1 Å². The summed E-state index contributed by atoms with van der Waals surface area (Å²) in [5.41, 5.74) is 0. The number of likely N-dealkylation sites (tertiary alicyclic amines) is 1. The molecule has 1 rings (SSSR count). The first kappa shape index (κ1) is 13.8. The summed E-state index contributed by atoms with van der Waals surface area (Å²) in [7, 11) is 3.02. The fourth-order valence-electron chi connectivity index (χ4n) is 1.73. The number of rotatable bonds is 2. The van der Waals surface area contributed by atoms with Gasteiger partial charge in [-0.3, -0.25) is 9.69 Å². The monoisotopic (exact) mass is 254 g/mol. The largest absolute Gasteiger partial charge is 0.490 e. The third kappa shape index (κ3) is 3.32. The fraction of sp³-hybridized carbons (Fsp3) is 0.778. The van der Waals surface area contributed by atoms with Crippen molar-refractivity contribution in [2.45, 2.75) is 24.7 Å². The molecular weight excluding hydrogens is 241 g/mol. The first-order valence-electron chi connectivity index (χ1n) is 4.95. The number of nitrogens with zero attached hydrogens (tertiary/aromatic N) is 1. The molecule has 0 unspecified atom stereocenters. The van der Waals surface area contributed by atoms with E-state index in [1.165, 1.54) is 7.05 Å². The van der Waals surface area contributed by atoms with Gasteiger partial charge in [0.15, 0.2) is 0 Å². The number of halogens is 3. The van der Waals surface area contributed by atoms with E-state index in [1.54, 1.807) is 11.9 Å². The maximum atomic E-state index is 12.0. The van der Waals surface area contributed by atoms with Gasteiger partial charge in [0.05, 0.1) is 6.04 Å². The Hall–Kier alpha value is -1.31. The van der Waals surface area contributed by atoms with E-state index in [0.29, 0.717) is 0 Å². The number of nitrogens with one attached hydrogen (secondary N) is 1. The zero-order valence-corrected chi connectivity index (χ0v) is 9.37. The number of carbonyl (C=O) groups is 2. The number of hydrogen-bond donors (Lipinski definition) is 1. The molecule has 1 fully saturated rings. The van der Waals surface area contributed by atoms with Gasteiger partial charge in [-0.1, -0.05) is 0 Å². The van der Waals surface area contributed by atoms with Gasteiger partial charge in [0.2, 0.25) is 5.91 Å². The Morgan fingerprint density at radius 1 is 1.41 bits per heavy atom. The van der Waals surface area contributed by atoms with E-state index >= 15 is 0 Å². The minimum atomic E-state index is -5.00. The third-order valence-electron chi connectivity index (χ3n) is 2.56. The van der Waals surface area contributed by atoms with Crippen LogP contribution in [0.15, 0.2) is 0 Å². The lowest BCUT2D eigenvalue weighted by Gasteiger charge is -2.16. The molecule has 2 atom stereocenters. The second-order valence-corrected chi connectivity index (χ2v) is 3.83. The highest BCUT2D eigenvalue weighted by Gasteiger charge is 2.44. The molecule has 0 bridgehead atoms. The SMILES string of the molecule is CNC(=O)[C@H]1C[C@H](OC(=O)C(F)(F)F)CN1C. The van der Waals surface area contributed by atoms with Gasteiger partial charge in [-0.05, 0) is 7.05 Å². The molecule has 98 valence electrons. The van der Waals surface area contributed by atoms with Gasteiger partial charge < -0.3 is 10.1 Å². The predicted octanol–water partition coefficient (Wildman–Crippen LogP) is -0.0894. The first-order chi connectivity index (χ1) is 7.75. The Kier molecular flexibility index (Phi) is 3.97. The molecule has 1 heterocycles. The first-order valence-corrected chi connectivity index (χ1v) is 4.95. The molecule has 0 aromatic carbocycles. The predicted molar refractivity (Wildman–Crippen MR) is 51.0 cm³/mol. The third-order valence-corrected chi connectivity index (χ3v) is 2.56. The zero-order valence-electron chi connectivity index (χ0n) is 9.37. The van der Waals surface area contributed by atoms with Crippen LogP contribution in [0.2, 0.25) is 0 Å². The number of hydrogen-bond acceptors (Lipinski definition) is 4. The quantitative estimate of drug-likeness (QED) is 0.700. The van der Waals surface area contributed by atoms with Crippen LogP contribution < -0.4 is 5.32 Å². The second-order valence-electron chi connectivity index (χ2n) is 3.83. The minimum Gasteiger partial charge on any atom is -0.454 e. The Labute approximate surface area is 95.9 Å². The molecule has 1 N–H and O–H groups in total. The second kappa shape index (κ2) is 4.91. The van der Waals surface area contributed by atoms with Gasteiger partial charge in [-0.15, -0.1) is 0 Å². The summed E-state index contributed by atoms with van der Waals surface area (Å²) < 4.78 is 40.1. The van der Waals surface area contributed by atoms with Crippen LogP contribution in [0.4, 0.5) is 13.2 Å². The summed E-state index contributed by atoms with van der Waals surface area (Å²) in [5, 5.41) is 2.40. The highest BCUT2D eigenvalue weighted by atomic mass is 19.4. The molecule has 0 saturated carbocycles. The molecule has 1 aliphatic heterocycles. The molecule has 0 aromatic rings. The van der Waals surface area contributed by atoms with Crippen molar-refractivity contribution in [1.82, 2.24) is 10.2 Å². The Morgan fingerprint density at radius 3 is 2.47 bits per heavy atom. The Bertz CT molecular complexity index is 319. The van der Waals surface area contributed by atoms with Crippen LogP contribution in [0.25, 0.3) is 0 Å². The summed E-state index contributed by atoms with van der Waals surface area (Å²) in [6.07, 6.45) is -5.83. The molecule has 1 aliphatic rings. The number of likely N-dealkylation sites (N-methyl/N-ethyl adjacent to an activating group) is 2. The molecule has 5 nitrogen and oxygen atoms in total. The van der Waals surface area contributed by atoms with E-state index in [4.69, 9.17) is 0 Å². The van der Waals surface area contributed by atoms with Crippen LogP contribution in [0.3, 0.4) is 0 Å². The average Bonchev–Trinajstić information content (AvgIpc) is 2.57. The van der Waals surface area contributed by atoms with Crippen molar-refractivity contribution >= 4 is 11.9 Å². The van der Waals surface area contributed by atoms with Crippen LogP contribution in [0, 0.1) is 0 Å². The van der Waals surface area contributed by atoms with E-state index in [1.807, 2.05) is 0 Å². The van der Waals surface area contributed by atoms with Crippen LogP contribution in [0.1, 0.15) is 6.42 Å². The summed E-state index contributed by atoms with van der Waals surface area (Å²) in [4.78, 5) is 23.5. The molecule has 17 heavy (non-hydrogen) atoms. The summed E-state index contributed by atoms with van der Waals surface area (Å²) in [5.74, 6) is -2.52. The van der Waals surface area contributed by atoms with Crippen LogP contribution in [-0.4, -0.2) is 55.7 Å². The Balaban J connectivity index is 2.55. The molecule has 0 aliphatic carbocycles. The normalized spacial score (nSPS) is 25.7. The van der Waals surface area contributed by atoms with E-state index in [-0.39, 0.29) is 18.9 Å². The van der Waals surface area contributed by atoms with Crippen LogP contribution in [-0.2, 0) is 14.3 Å². The number of carbonyl (C=O) groups excluding carboxylic acids is 2. The van der Waals surface area contributed by atoms with Gasteiger partial charge in [0, 0.05) is 20.0 Å². The van der Waals surface area contributed by atoms with Crippen molar-refractivity contribution in [1.29, 1.82) is 0 Å². The summed E-state index contributed by atoms with van der Waals surface area (Å²) in [6, 6.07) is -0.564. The average molecular weight is 254 g/mol. The molecule has 0 aromatic heterocycles. The Morgan fingerprint density at radius 2 is 2.00 bits per heavy atom. The van der Waals surface area contributed by atoms with Crippen molar-refractivity contribution in [3.63, 3.8) is 0 Å². The van der Waals surface area contributed by atoms with Crippen LogP contribution in [0.5, 0.6) is 0 Å². The molecule has 0 spiro atoms. The van der Waals surface area contributed by atoms with Gasteiger partial charge >= 0.3 is 12.1 Å². The topological polar surface area (TPSA) is 58.6 Å². The number of alkyl halides is 3. The number of amides is 1. The van der Waals surface area contributed by atoms with Gasteiger partial charge in [-0.25, -0.2) is 4.79 Å². The molecule has 8 heteroatoms. The zero-order chi connectivity index (χ0) is 13.2. The van der Waals surface area contributed by atoms with Crippen molar-refractivity contribution in [3.8, 4) is 0 Å². The van der Waals surface area contributed by atoms with Gasteiger partial charge in [0.25, 0.3) is 0 Å². The van der Waals surface area contributed by atoms with Crippen molar-refractivity contribution < 1.29 is 27.5 Å². The number of esters is 1. The summed E-state index contributed by atoms with van der Waals surface area (Å²) in [6.45, 7) is 0.111. The highest BCUT2D eigenvalue weighted by Crippen LogP contribution is 2.23. The van der Waals surface area contributed by atoms with Crippen LogP contribution >= 0.6 is 0 Å². The van der Waals surface area contributed by atoms with Crippen molar-refractivity contribution in [2.24, 2.45) is 0 Å². The molecule has 1 amide bonds. The highest BCUT2D eigenvalue weighted by molar-refractivity contribution is 5.82. The minimum absolute atomic E-state index is 0.0675. The fourth-order valence-corrected chi connectivity index (χ4v) is 1.73. The number of ether oxygens (including phenoxy) is 1. The van der Waals surface area contributed by atoms with E-state index < -0.39 is 24.3 Å². The van der Waals surface area contributed by atoms with Crippen molar-refractivity contribution in [3.05, 3.63) is 0 Å². The smallest absolute Gasteiger partial charge is 0.454 e. The lowest BCUT2D eigenvalue weighted by atomic mass is 10.2. The lowest BCUT2D eigenvalue weighted by Crippen LogP contribution is -2.39. The maximum absolute atomic E-state index is 12.0. The summed E-state index contributed by atoms with van der Waals surface area (Å²) >= 11 is 0. The maximum Gasteiger partial charge on any atom is 0.490 e. The van der Waals surface area contributed by atoms with Gasteiger partial charge in [-0.2, -0.15) is 13.2 Å². The van der Waals surface area contributed by atoms with Crippen molar-refractivity contribution in [2.75, 3.05) is 20.6 Å². The van der Waals surface area contributed by atoms with E-state index in [0.717, 1.165) is 0 Å². The standard InChI is InChI=1S/C9H13F3N2O3/c1-13-7(15)6-3-5(4-14(6)2)17-8(16)9(10,11)12/h5-6H,3-4H2,1-2H3,(H,13,15)/t5-,6+/m0/s1. The molecular formula is C9H13F3N2O3. The lowest BCUT2D eigenvalue weighted by molar-refractivity contribution is -0.204. The molecule has 1 saturated heterocycles.